The SMILES string of the molecule is CCOc1ccc(CC(CN)c2cc(C)cc(C)c2)cc1OCC. The maximum absolute atomic E-state index is 6.07. The van der Waals surface area contributed by atoms with Gasteiger partial charge in [-0.2, -0.15) is 0 Å². The van der Waals surface area contributed by atoms with Crippen LogP contribution in [-0.2, 0) is 6.42 Å². The van der Waals surface area contributed by atoms with Crippen LogP contribution in [0.15, 0.2) is 36.4 Å². The number of hydrogen-bond donors (Lipinski definition) is 1. The van der Waals surface area contributed by atoms with Crippen LogP contribution >= 0.6 is 0 Å². The number of ether oxygens (including phenoxy) is 2. The molecule has 0 aliphatic carbocycles. The molecule has 1 atom stereocenters. The second kappa shape index (κ2) is 8.74. The first-order valence-electron chi connectivity index (χ1n) is 8.74. The summed E-state index contributed by atoms with van der Waals surface area (Å²) in [5.41, 5.74) is 11.2. The van der Waals surface area contributed by atoms with E-state index in [1.807, 2.05) is 19.9 Å². The van der Waals surface area contributed by atoms with Crippen LogP contribution in [0.4, 0.5) is 0 Å². The van der Waals surface area contributed by atoms with Crippen LogP contribution in [-0.4, -0.2) is 19.8 Å². The maximum Gasteiger partial charge on any atom is 0.161 e. The summed E-state index contributed by atoms with van der Waals surface area (Å²) >= 11 is 0. The van der Waals surface area contributed by atoms with E-state index in [9.17, 15) is 0 Å². The number of rotatable bonds is 8. The average molecular weight is 327 g/mol. The molecule has 0 saturated heterocycles. The first kappa shape index (κ1) is 18.3. The van der Waals surface area contributed by atoms with Gasteiger partial charge in [0.05, 0.1) is 13.2 Å². The van der Waals surface area contributed by atoms with E-state index in [0.717, 1.165) is 17.9 Å². The van der Waals surface area contributed by atoms with Crippen molar-refractivity contribution in [1.29, 1.82) is 0 Å². The molecule has 0 heterocycles. The van der Waals surface area contributed by atoms with Crippen LogP contribution in [0.1, 0.15) is 42.0 Å². The summed E-state index contributed by atoms with van der Waals surface area (Å²) in [5.74, 6) is 1.92. The Morgan fingerprint density at radius 2 is 1.50 bits per heavy atom. The molecule has 3 nitrogen and oxygen atoms in total. The highest BCUT2D eigenvalue weighted by molar-refractivity contribution is 5.44. The van der Waals surface area contributed by atoms with E-state index in [1.54, 1.807) is 0 Å². The minimum absolute atomic E-state index is 0.302. The molecule has 3 heteroatoms. The Morgan fingerprint density at radius 3 is 2.08 bits per heavy atom. The summed E-state index contributed by atoms with van der Waals surface area (Å²) in [5, 5.41) is 0. The summed E-state index contributed by atoms with van der Waals surface area (Å²) in [6.07, 6.45) is 0.895. The quantitative estimate of drug-likeness (QED) is 0.782. The molecule has 0 spiro atoms. The van der Waals surface area contributed by atoms with E-state index in [4.69, 9.17) is 15.2 Å². The smallest absolute Gasteiger partial charge is 0.161 e. The summed E-state index contributed by atoms with van der Waals surface area (Å²) < 4.78 is 11.4. The molecule has 2 rings (SSSR count). The van der Waals surface area contributed by atoms with Crippen molar-refractivity contribution in [2.24, 2.45) is 5.73 Å². The van der Waals surface area contributed by atoms with Gasteiger partial charge in [-0.25, -0.2) is 0 Å². The van der Waals surface area contributed by atoms with Gasteiger partial charge in [-0.05, 0) is 63.9 Å². The fourth-order valence-electron chi connectivity index (χ4n) is 3.09. The molecule has 0 aliphatic rings. The van der Waals surface area contributed by atoms with Gasteiger partial charge in [0, 0.05) is 5.92 Å². The molecule has 2 N–H and O–H groups in total. The second-order valence-corrected chi connectivity index (χ2v) is 6.20. The third kappa shape index (κ3) is 4.75. The van der Waals surface area contributed by atoms with Crippen LogP contribution in [0, 0.1) is 13.8 Å². The van der Waals surface area contributed by atoms with Crippen LogP contribution < -0.4 is 15.2 Å². The minimum Gasteiger partial charge on any atom is -0.490 e. The lowest BCUT2D eigenvalue weighted by Crippen LogP contribution is -2.15. The summed E-state index contributed by atoms with van der Waals surface area (Å²) in [7, 11) is 0. The average Bonchev–Trinajstić information content (AvgIpc) is 2.54. The topological polar surface area (TPSA) is 44.5 Å². The Morgan fingerprint density at radius 1 is 0.875 bits per heavy atom. The zero-order valence-electron chi connectivity index (χ0n) is 15.3. The third-order valence-corrected chi connectivity index (χ3v) is 4.09. The molecule has 0 amide bonds. The number of aryl methyl sites for hydroxylation is 2. The highest BCUT2D eigenvalue weighted by atomic mass is 16.5. The largest absolute Gasteiger partial charge is 0.490 e. The van der Waals surface area contributed by atoms with Gasteiger partial charge < -0.3 is 15.2 Å². The predicted octanol–water partition coefficient (Wildman–Crippen LogP) is 4.39. The van der Waals surface area contributed by atoms with Gasteiger partial charge in [-0.15, -0.1) is 0 Å². The van der Waals surface area contributed by atoms with Gasteiger partial charge in [-0.3, -0.25) is 0 Å². The van der Waals surface area contributed by atoms with Crippen molar-refractivity contribution < 1.29 is 9.47 Å². The summed E-state index contributed by atoms with van der Waals surface area (Å²) in [6.45, 7) is 10.1. The van der Waals surface area contributed by atoms with E-state index in [2.05, 4.69) is 44.2 Å². The third-order valence-electron chi connectivity index (χ3n) is 4.09. The predicted molar refractivity (Wildman–Crippen MR) is 100 cm³/mol. The lowest BCUT2D eigenvalue weighted by Gasteiger charge is -2.18. The van der Waals surface area contributed by atoms with E-state index in [-0.39, 0.29) is 0 Å². The molecule has 2 aromatic carbocycles. The van der Waals surface area contributed by atoms with Gasteiger partial charge in [-0.1, -0.05) is 35.4 Å². The number of nitrogens with two attached hydrogens (primary N) is 1. The standard InChI is InChI=1S/C21H29NO2/c1-5-23-20-8-7-17(13-21(20)24-6-2)12-19(14-22)18-10-15(3)9-16(4)11-18/h7-11,13,19H,5-6,12,14,22H2,1-4H3. The normalized spacial score (nSPS) is 12.0. The van der Waals surface area contributed by atoms with Crippen molar-refractivity contribution in [3.05, 3.63) is 58.7 Å². The van der Waals surface area contributed by atoms with Gasteiger partial charge in [0.2, 0.25) is 0 Å². The zero-order valence-corrected chi connectivity index (χ0v) is 15.3. The Labute approximate surface area is 145 Å². The van der Waals surface area contributed by atoms with E-state index in [0.29, 0.717) is 25.7 Å². The molecule has 0 aromatic heterocycles. The molecule has 2 aromatic rings. The Balaban J connectivity index is 2.25. The van der Waals surface area contributed by atoms with Crippen LogP contribution in [0.5, 0.6) is 11.5 Å². The first-order valence-corrected chi connectivity index (χ1v) is 8.74. The molecule has 0 aliphatic heterocycles. The molecule has 0 saturated carbocycles. The molecular formula is C21H29NO2. The maximum atomic E-state index is 6.07. The minimum atomic E-state index is 0.302. The van der Waals surface area contributed by atoms with Gasteiger partial charge in [0.15, 0.2) is 11.5 Å². The highest BCUT2D eigenvalue weighted by Crippen LogP contribution is 2.31. The highest BCUT2D eigenvalue weighted by Gasteiger charge is 2.14. The van der Waals surface area contributed by atoms with Crippen molar-refractivity contribution in [1.82, 2.24) is 0 Å². The molecule has 0 radical (unpaired) electrons. The summed E-state index contributed by atoms with van der Waals surface area (Å²) in [6, 6.07) is 12.9. The van der Waals surface area contributed by atoms with Gasteiger partial charge in [0.1, 0.15) is 0 Å². The van der Waals surface area contributed by atoms with Crippen molar-refractivity contribution in [2.75, 3.05) is 19.8 Å². The lowest BCUT2D eigenvalue weighted by atomic mass is 9.90. The molecule has 130 valence electrons. The van der Waals surface area contributed by atoms with Crippen LogP contribution in [0.2, 0.25) is 0 Å². The Kier molecular flexibility index (Phi) is 6.68. The number of benzene rings is 2. The van der Waals surface area contributed by atoms with Crippen molar-refractivity contribution >= 4 is 0 Å². The molecule has 24 heavy (non-hydrogen) atoms. The van der Waals surface area contributed by atoms with E-state index < -0.39 is 0 Å². The van der Waals surface area contributed by atoms with Crippen LogP contribution in [0.25, 0.3) is 0 Å². The molecule has 0 bridgehead atoms. The van der Waals surface area contributed by atoms with Gasteiger partial charge >= 0.3 is 0 Å². The fraction of sp³-hybridized carbons (Fsp3) is 0.429. The Hall–Kier alpha value is -2.00. The second-order valence-electron chi connectivity index (χ2n) is 6.20. The van der Waals surface area contributed by atoms with Crippen LogP contribution in [0.3, 0.4) is 0 Å². The zero-order chi connectivity index (χ0) is 17.5. The first-order chi connectivity index (χ1) is 11.6. The number of hydrogen-bond acceptors (Lipinski definition) is 3. The monoisotopic (exact) mass is 327 g/mol. The molecular weight excluding hydrogens is 298 g/mol. The molecule has 1 unspecified atom stereocenters. The fourth-order valence-corrected chi connectivity index (χ4v) is 3.09. The van der Waals surface area contributed by atoms with Crippen molar-refractivity contribution in [3.8, 4) is 11.5 Å². The Bertz CT molecular complexity index is 647. The van der Waals surface area contributed by atoms with Crippen molar-refractivity contribution in [3.63, 3.8) is 0 Å². The van der Waals surface area contributed by atoms with E-state index >= 15 is 0 Å². The van der Waals surface area contributed by atoms with E-state index in [1.165, 1.54) is 22.3 Å². The van der Waals surface area contributed by atoms with Crippen molar-refractivity contribution in [2.45, 2.75) is 40.0 Å². The lowest BCUT2D eigenvalue weighted by molar-refractivity contribution is 0.287. The molecule has 0 fully saturated rings. The summed E-state index contributed by atoms with van der Waals surface area (Å²) in [4.78, 5) is 0. The van der Waals surface area contributed by atoms with Gasteiger partial charge in [0.25, 0.3) is 0 Å².